The Hall–Kier alpha value is -3.48. The maximum atomic E-state index is 13.7. The van der Waals surface area contributed by atoms with E-state index in [0.717, 1.165) is 5.69 Å². The summed E-state index contributed by atoms with van der Waals surface area (Å²) < 4.78 is 18.4. The third-order valence-corrected chi connectivity index (χ3v) is 4.05. The minimum atomic E-state index is -0.405. The van der Waals surface area contributed by atoms with Crippen molar-refractivity contribution in [3.63, 3.8) is 0 Å². The van der Waals surface area contributed by atoms with Crippen molar-refractivity contribution >= 4 is 23.4 Å². The van der Waals surface area contributed by atoms with Gasteiger partial charge in [-0.1, -0.05) is 24.3 Å². The monoisotopic (exact) mass is 380 g/mol. The lowest BCUT2D eigenvalue weighted by Gasteiger charge is -2.11. The normalized spacial score (nSPS) is 10.4. The SMILES string of the molecule is COC(=O)c1cccc(Nc2cc(C)nc(NCCc3ccccc3F)n2)c1. The average molecular weight is 380 g/mol. The minimum Gasteiger partial charge on any atom is -0.465 e. The van der Waals surface area contributed by atoms with E-state index in [1.807, 2.05) is 19.1 Å². The summed E-state index contributed by atoms with van der Waals surface area (Å²) in [5.41, 5.74) is 2.57. The van der Waals surface area contributed by atoms with E-state index in [0.29, 0.717) is 41.5 Å². The van der Waals surface area contributed by atoms with Gasteiger partial charge in [0.2, 0.25) is 5.95 Å². The Bertz CT molecular complexity index is 978. The van der Waals surface area contributed by atoms with Crippen LogP contribution in [0.3, 0.4) is 0 Å². The topological polar surface area (TPSA) is 76.1 Å². The molecule has 3 aromatic rings. The van der Waals surface area contributed by atoms with Gasteiger partial charge in [0.15, 0.2) is 0 Å². The number of aromatic nitrogens is 2. The van der Waals surface area contributed by atoms with Crippen LogP contribution in [0.5, 0.6) is 0 Å². The van der Waals surface area contributed by atoms with Gasteiger partial charge in [-0.15, -0.1) is 0 Å². The van der Waals surface area contributed by atoms with Crippen LogP contribution in [0.4, 0.5) is 21.8 Å². The van der Waals surface area contributed by atoms with Gasteiger partial charge >= 0.3 is 5.97 Å². The van der Waals surface area contributed by atoms with Gasteiger partial charge in [-0.25, -0.2) is 14.2 Å². The van der Waals surface area contributed by atoms with Gasteiger partial charge in [-0.2, -0.15) is 4.98 Å². The molecule has 28 heavy (non-hydrogen) atoms. The predicted octanol–water partition coefficient (Wildman–Crippen LogP) is 4.11. The average Bonchev–Trinajstić information content (AvgIpc) is 2.68. The molecule has 0 atom stereocenters. The summed E-state index contributed by atoms with van der Waals surface area (Å²) in [5, 5.41) is 6.29. The van der Waals surface area contributed by atoms with Crippen molar-refractivity contribution in [1.29, 1.82) is 0 Å². The van der Waals surface area contributed by atoms with Crippen LogP contribution in [0.1, 0.15) is 21.6 Å². The lowest BCUT2D eigenvalue weighted by molar-refractivity contribution is 0.0601. The molecule has 0 aliphatic rings. The van der Waals surface area contributed by atoms with Gasteiger partial charge in [0.25, 0.3) is 0 Å². The first-order valence-electron chi connectivity index (χ1n) is 8.83. The summed E-state index contributed by atoms with van der Waals surface area (Å²) >= 11 is 0. The number of esters is 1. The lowest BCUT2D eigenvalue weighted by atomic mass is 10.1. The first-order valence-corrected chi connectivity index (χ1v) is 8.83. The third-order valence-electron chi connectivity index (χ3n) is 4.05. The molecule has 1 aromatic heterocycles. The maximum absolute atomic E-state index is 13.7. The number of nitrogens with one attached hydrogen (secondary N) is 2. The van der Waals surface area contributed by atoms with Crippen LogP contribution >= 0.6 is 0 Å². The van der Waals surface area contributed by atoms with E-state index < -0.39 is 5.97 Å². The van der Waals surface area contributed by atoms with Gasteiger partial charge in [-0.3, -0.25) is 0 Å². The van der Waals surface area contributed by atoms with E-state index in [9.17, 15) is 9.18 Å². The highest BCUT2D eigenvalue weighted by Gasteiger charge is 2.08. The number of ether oxygens (including phenoxy) is 1. The zero-order valence-electron chi connectivity index (χ0n) is 15.7. The Morgan fingerprint density at radius 1 is 1.11 bits per heavy atom. The van der Waals surface area contributed by atoms with Crippen molar-refractivity contribution in [1.82, 2.24) is 9.97 Å². The number of carbonyl (C=O) groups is 1. The second kappa shape index (κ2) is 8.94. The molecule has 0 aliphatic carbocycles. The highest BCUT2D eigenvalue weighted by atomic mass is 19.1. The van der Waals surface area contributed by atoms with E-state index in [4.69, 9.17) is 4.74 Å². The highest BCUT2D eigenvalue weighted by molar-refractivity contribution is 5.90. The summed E-state index contributed by atoms with van der Waals surface area (Å²) in [6.45, 7) is 2.36. The summed E-state index contributed by atoms with van der Waals surface area (Å²) in [5.74, 6) is 0.409. The molecule has 1 heterocycles. The number of halogens is 1. The molecule has 0 saturated heterocycles. The molecular weight excluding hydrogens is 359 g/mol. The molecule has 0 radical (unpaired) electrons. The van der Waals surface area contributed by atoms with Crippen molar-refractivity contribution in [3.8, 4) is 0 Å². The quantitative estimate of drug-likeness (QED) is 0.601. The number of nitrogens with zero attached hydrogens (tertiary/aromatic N) is 2. The highest BCUT2D eigenvalue weighted by Crippen LogP contribution is 2.18. The molecule has 0 amide bonds. The number of methoxy groups -OCH3 is 1. The fourth-order valence-electron chi connectivity index (χ4n) is 2.71. The Morgan fingerprint density at radius 3 is 2.71 bits per heavy atom. The Balaban J connectivity index is 1.68. The Labute approximate surface area is 162 Å². The molecule has 2 N–H and O–H groups in total. The first-order chi connectivity index (χ1) is 13.5. The van der Waals surface area contributed by atoms with Crippen LogP contribution in [0.25, 0.3) is 0 Å². The van der Waals surface area contributed by atoms with E-state index in [-0.39, 0.29) is 5.82 Å². The van der Waals surface area contributed by atoms with E-state index in [1.54, 1.807) is 36.4 Å². The standard InChI is InChI=1S/C21H21FN4O2/c1-14-12-19(25-17-8-5-7-16(13-17)20(27)28-2)26-21(24-14)23-11-10-15-6-3-4-9-18(15)22/h3-9,12-13H,10-11H2,1-2H3,(H2,23,24,25,26). The molecule has 7 heteroatoms. The number of benzene rings is 2. The maximum Gasteiger partial charge on any atom is 0.337 e. The minimum absolute atomic E-state index is 0.220. The number of aryl methyl sites for hydroxylation is 1. The predicted molar refractivity (Wildman–Crippen MR) is 106 cm³/mol. The van der Waals surface area contributed by atoms with Gasteiger partial charge < -0.3 is 15.4 Å². The molecule has 3 rings (SSSR count). The molecule has 6 nitrogen and oxygen atoms in total. The first kappa shape index (κ1) is 19.3. The number of carbonyl (C=O) groups excluding carboxylic acids is 1. The molecular formula is C21H21FN4O2. The van der Waals surface area contributed by atoms with Crippen LogP contribution in [-0.4, -0.2) is 29.6 Å². The number of anilines is 3. The molecule has 2 aromatic carbocycles. The van der Waals surface area contributed by atoms with Crippen molar-refractivity contribution in [2.24, 2.45) is 0 Å². The lowest BCUT2D eigenvalue weighted by Crippen LogP contribution is -2.10. The molecule has 0 fully saturated rings. The van der Waals surface area contributed by atoms with Gasteiger partial charge in [0.1, 0.15) is 11.6 Å². The third kappa shape index (κ3) is 5.03. The fourth-order valence-corrected chi connectivity index (χ4v) is 2.71. The number of hydrogen-bond donors (Lipinski definition) is 2. The van der Waals surface area contributed by atoms with Crippen LogP contribution in [0.15, 0.2) is 54.6 Å². The second-order valence-corrected chi connectivity index (χ2v) is 6.18. The number of hydrogen-bond acceptors (Lipinski definition) is 6. The zero-order chi connectivity index (χ0) is 19.9. The largest absolute Gasteiger partial charge is 0.465 e. The van der Waals surface area contributed by atoms with Crippen molar-refractivity contribution in [2.75, 3.05) is 24.3 Å². The molecule has 144 valence electrons. The second-order valence-electron chi connectivity index (χ2n) is 6.18. The van der Waals surface area contributed by atoms with Crippen LogP contribution in [-0.2, 0) is 11.2 Å². The van der Waals surface area contributed by atoms with Crippen LogP contribution in [0, 0.1) is 12.7 Å². The summed E-state index contributed by atoms with van der Waals surface area (Å²) in [6, 6.07) is 15.4. The molecule has 0 saturated carbocycles. The van der Waals surface area contributed by atoms with Crippen molar-refractivity contribution < 1.29 is 13.9 Å². The van der Waals surface area contributed by atoms with Crippen LogP contribution in [0.2, 0.25) is 0 Å². The van der Waals surface area contributed by atoms with Crippen molar-refractivity contribution in [2.45, 2.75) is 13.3 Å². The van der Waals surface area contributed by atoms with E-state index >= 15 is 0 Å². The smallest absolute Gasteiger partial charge is 0.337 e. The fraction of sp³-hybridized carbons (Fsp3) is 0.190. The van der Waals surface area contributed by atoms with Crippen molar-refractivity contribution in [3.05, 3.63) is 77.2 Å². The Morgan fingerprint density at radius 2 is 1.93 bits per heavy atom. The molecule has 0 unspecified atom stereocenters. The van der Waals surface area contributed by atoms with E-state index in [1.165, 1.54) is 13.2 Å². The Kier molecular flexibility index (Phi) is 6.16. The van der Waals surface area contributed by atoms with Gasteiger partial charge in [0.05, 0.1) is 12.7 Å². The molecule has 0 bridgehead atoms. The number of rotatable bonds is 7. The molecule has 0 aliphatic heterocycles. The summed E-state index contributed by atoms with van der Waals surface area (Å²) in [6.07, 6.45) is 0.522. The summed E-state index contributed by atoms with van der Waals surface area (Å²) in [4.78, 5) is 20.5. The van der Waals surface area contributed by atoms with Crippen LogP contribution < -0.4 is 10.6 Å². The molecule has 0 spiro atoms. The zero-order valence-corrected chi connectivity index (χ0v) is 15.7. The van der Waals surface area contributed by atoms with E-state index in [2.05, 4.69) is 20.6 Å². The van der Waals surface area contributed by atoms with Gasteiger partial charge in [-0.05, 0) is 43.2 Å². The summed E-state index contributed by atoms with van der Waals surface area (Å²) in [7, 11) is 1.34. The van der Waals surface area contributed by atoms with Gasteiger partial charge in [0, 0.05) is 24.0 Å².